The fourth-order valence-electron chi connectivity index (χ4n) is 1.62. The maximum absolute atomic E-state index is 5.96. The van der Waals surface area contributed by atoms with Gasteiger partial charge in [-0.2, -0.15) is 0 Å². The normalized spacial score (nSPS) is 14.3. The van der Waals surface area contributed by atoms with Gasteiger partial charge in [-0.3, -0.25) is 0 Å². The number of halogens is 1. The van der Waals surface area contributed by atoms with Crippen LogP contribution >= 0.6 is 15.3 Å². The van der Waals surface area contributed by atoms with E-state index in [1.54, 1.807) is 7.11 Å². The lowest BCUT2D eigenvalue weighted by Crippen LogP contribution is -2.37. The highest BCUT2D eigenvalue weighted by molar-refractivity contribution is 9.25. The van der Waals surface area contributed by atoms with Crippen molar-refractivity contribution in [3.05, 3.63) is 30.3 Å². The van der Waals surface area contributed by atoms with Crippen molar-refractivity contribution in [2.24, 2.45) is 0 Å². The maximum atomic E-state index is 5.96. The molecule has 1 aromatic rings. The number of para-hydroxylation sites is 1. The van der Waals surface area contributed by atoms with E-state index in [1.165, 1.54) is 19.3 Å². The van der Waals surface area contributed by atoms with Crippen molar-refractivity contribution < 1.29 is 8.85 Å². The molecule has 1 aromatic carbocycles. The molecule has 1 rings (SSSR count). The summed E-state index contributed by atoms with van der Waals surface area (Å²) in [7, 11) is -0.476. The van der Waals surface area contributed by atoms with E-state index in [0.717, 1.165) is 18.2 Å². The third kappa shape index (κ3) is 5.70. The van der Waals surface area contributed by atoms with Crippen LogP contribution in [0, 0.1) is 0 Å². The fraction of sp³-hybridized carbons (Fsp3) is 0.538. The summed E-state index contributed by atoms with van der Waals surface area (Å²) in [6, 6.07) is 10.9. The zero-order chi connectivity index (χ0) is 12.6. The van der Waals surface area contributed by atoms with Gasteiger partial charge in [0, 0.05) is 13.2 Å². The molecule has 96 valence electrons. The Morgan fingerprint density at radius 1 is 1.12 bits per heavy atom. The predicted octanol–water partition coefficient (Wildman–Crippen LogP) is 4.63. The van der Waals surface area contributed by atoms with Gasteiger partial charge >= 0.3 is 7.18 Å². The summed E-state index contributed by atoms with van der Waals surface area (Å²) < 4.78 is 11.5. The number of hydrogen-bond donors (Lipinski definition) is 0. The Morgan fingerprint density at radius 3 is 2.41 bits per heavy atom. The van der Waals surface area contributed by atoms with Gasteiger partial charge < -0.3 is 8.85 Å². The SMILES string of the molecule is CCCCCC[Si](Br)(OC)Oc1ccccc1. The predicted molar refractivity (Wildman–Crippen MR) is 77.7 cm³/mol. The average molecular weight is 317 g/mol. The first-order chi connectivity index (χ1) is 8.20. The molecule has 0 amide bonds. The fourth-order valence-corrected chi connectivity index (χ4v) is 4.57. The molecule has 0 saturated heterocycles. The van der Waals surface area contributed by atoms with Crippen LogP contribution in [0.4, 0.5) is 0 Å². The lowest BCUT2D eigenvalue weighted by Gasteiger charge is -2.23. The highest BCUT2D eigenvalue weighted by Crippen LogP contribution is 2.26. The van der Waals surface area contributed by atoms with E-state index in [-0.39, 0.29) is 0 Å². The van der Waals surface area contributed by atoms with Crippen LogP contribution in [0.25, 0.3) is 0 Å². The Hall–Kier alpha value is -0.323. The highest BCUT2D eigenvalue weighted by atomic mass is 79.9. The summed E-state index contributed by atoms with van der Waals surface area (Å²) in [5, 5.41) is 0. The van der Waals surface area contributed by atoms with E-state index in [2.05, 4.69) is 22.2 Å². The van der Waals surface area contributed by atoms with Crippen LogP contribution in [-0.4, -0.2) is 14.3 Å². The van der Waals surface area contributed by atoms with Gasteiger partial charge in [-0.25, -0.2) is 0 Å². The summed E-state index contributed by atoms with van der Waals surface area (Å²) in [5.74, 6) is 0.883. The topological polar surface area (TPSA) is 18.5 Å². The van der Waals surface area contributed by atoms with Crippen molar-refractivity contribution in [3.8, 4) is 5.75 Å². The van der Waals surface area contributed by atoms with E-state index < -0.39 is 7.18 Å². The lowest BCUT2D eigenvalue weighted by molar-refractivity contribution is 0.324. The quantitative estimate of drug-likeness (QED) is 0.395. The van der Waals surface area contributed by atoms with Gasteiger partial charge in [-0.1, -0.05) is 44.4 Å². The second kappa shape index (κ2) is 7.90. The van der Waals surface area contributed by atoms with Crippen LogP contribution in [0.5, 0.6) is 5.75 Å². The third-order valence-corrected chi connectivity index (χ3v) is 7.39. The van der Waals surface area contributed by atoms with Crippen LogP contribution in [0.3, 0.4) is 0 Å². The van der Waals surface area contributed by atoms with Crippen molar-refractivity contribution in [2.45, 2.75) is 38.7 Å². The summed E-state index contributed by atoms with van der Waals surface area (Å²) in [4.78, 5) is 0. The van der Waals surface area contributed by atoms with Crippen LogP contribution < -0.4 is 4.43 Å². The molecule has 0 aliphatic heterocycles. The number of hydrogen-bond acceptors (Lipinski definition) is 2. The molecule has 0 radical (unpaired) electrons. The number of benzene rings is 1. The van der Waals surface area contributed by atoms with Crippen molar-refractivity contribution in [1.82, 2.24) is 0 Å². The van der Waals surface area contributed by atoms with Crippen LogP contribution in [0.2, 0.25) is 6.04 Å². The Balaban J connectivity index is 2.45. The number of rotatable bonds is 8. The van der Waals surface area contributed by atoms with Gasteiger partial charge in [-0.15, -0.1) is 0 Å². The molecular formula is C13H21BrO2Si. The van der Waals surface area contributed by atoms with Gasteiger partial charge in [-0.05, 0) is 33.8 Å². The van der Waals surface area contributed by atoms with Gasteiger partial charge in [0.2, 0.25) is 0 Å². The van der Waals surface area contributed by atoms with Crippen molar-refractivity contribution in [2.75, 3.05) is 7.11 Å². The molecule has 0 fully saturated rings. The first-order valence-electron chi connectivity index (χ1n) is 6.18. The molecule has 0 heterocycles. The standard InChI is InChI=1S/C13H21BrO2Si/c1-3-4-5-9-12-17(14,15-2)16-13-10-7-6-8-11-13/h6-8,10-11H,3-5,9,12H2,1-2H3. The minimum absolute atomic E-state index is 0.883. The molecule has 0 aliphatic carbocycles. The summed E-state index contributed by atoms with van der Waals surface area (Å²) in [6.45, 7) is 2.22. The molecular weight excluding hydrogens is 296 g/mol. The van der Waals surface area contributed by atoms with E-state index >= 15 is 0 Å². The Bertz CT molecular complexity index is 308. The first-order valence-corrected chi connectivity index (χ1v) is 10.5. The van der Waals surface area contributed by atoms with Crippen molar-refractivity contribution in [1.29, 1.82) is 0 Å². The Morgan fingerprint density at radius 2 is 1.82 bits per heavy atom. The van der Waals surface area contributed by atoms with Crippen LogP contribution in [0.1, 0.15) is 32.6 Å². The molecule has 0 spiro atoms. The van der Waals surface area contributed by atoms with E-state index in [0.29, 0.717) is 0 Å². The largest absolute Gasteiger partial charge is 0.513 e. The maximum Gasteiger partial charge on any atom is 0.475 e. The van der Waals surface area contributed by atoms with Crippen LogP contribution in [0.15, 0.2) is 30.3 Å². The van der Waals surface area contributed by atoms with Crippen LogP contribution in [-0.2, 0) is 4.43 Å². The van der Waals surface area contributed by atoms with Crippen molar-refractivity contribution >= 4 is 22.5 Å². The molecule has 0 aromatic heterocycles. The molecule has 1 atom stereocenters. The minimum atomic E-state index is -2.20. The number of unbranched alkanes of at least 4 members (excludes halogenated alkanes) is 3. The summed E-state index contributed by atoms with van der Waals surface area (Å²) >= 11 is 3.67. The zero-order valence-electron chi connectivity index (χ0n) is 10.6. The van der Waals surface area contributed by atoms with Gasteiger partial charge in [0.25, 0.3) is 0 Å². The smallest absolute Gasteiger partial charge is 0.475 e. The minimum Gasteiger partial charge on any atom is -0.513 e. The average Bonchev–Trinajstić information content (AvgIpc) is 2.36. The zero-order valence-corrected chi connectivity index (χ0v) is 13.2. The second-order valence-electron chi connectivity index (χ2n) is 4.09. The Labute approximate surface area is 113 Å². The van der Waals surface area contributed by atoms with E-state index in [4.69, 9.17) is 8.85 Å². The molecule has 0 N–H and O–H groups in total. The Kier molecular flexibility index (Phi) is 6.85. The lowest BCUT2D eigenvalue weighted by atomic mass is 10.2. The highest BCUT2D eigenvalue weighted by Gasteiger charge is 2.35. The molecule has 17 heavy (non-hydrogen) atoms. The molecule has 0 saturated carbocycles. The summed E-state index contributed by atoms with van der Waals surface area (Å²) in [6.07, 6.45) is 4.94. The van der Waals surface area contributed by atoms with Gasteiger partial charge in [0.15, 0.2) is 0 Å². The second-order valence-corrected chi connectivity index (χ2v) is 10.1. The first kappa shape index (κ1) is 14.7. The van der Waals surface area contributed by atoms with Gasteiger partial charge in [0.1, 0.15) is 5.75 Å². The molecule has 1 unspecified atom stereocenters. The molecule has 0 bridgehead atoms. The monoisotopic (exact) mass is 316 g/mol. The van der Waals surface area contributed by atoms with E-state index in [9.17, 15) is 0 Å². The third-order valence-electron chi connectivity index (χ3n) is 2.65. The molecule has 4 heteroatoms. The molecule has 0 aliphatic rings. The van der Waals surface area contributed by atoms with E-state index in [1.807, 2.05) is 30.3 Å². The summed E-state index contributed by atoms with van der Waals surface area (Å²) in [5.41, 5.74) is 0. The van der Waals surface area contributed by atoms with Gasteiger partial charge in [0.05, 0.1) is 0 Å². The van der Waals surface area contributed by atoms with Crippen molar-refractivity contribution in [3.63, 3.8) is 0 Å². The molecule has 2 nitrogen and oxygen atoms in total.